The summed E-state index contributed by atoms with van der Waals surface area (Å²) in [5.74, 6) is 2.46. The molecule has 0 aromatic heterocycles. The number of allylic oxidation sites excluding steroid dienone is 1. The summed E-state index contributed by atoms with van der Waals surface area (Å²) in [6, 6.07) is 4.18. The van der Waals surface area contributed by atoms with E-state index in [-0.39, 0.29) is 6.10 Å². The predicted octanol–water partition coefficient (Wildman–Crippen LogP) is 2.31. The molecule has 2 aliphatic heterocycles. The summed E-state index contributed by atoms with van der Waals surface area (Å²) in [6.45, 7) is 2.01. The van der Waals surface area contributed by atoms with Crippen molar-refractivity contribution in [1.29, 1.82) is 0 Å². The SMILES string of the molecule is COc1ccc2c3c1OC1CC(O)C=CC(CCN(C)C2)C31. The van der Waals surface area contributed by atoms with E-state index in [1.807, 2.05) is 12.1 Å². The molecule has 1 aromatic rings. The monoisotopic (exact) mass is 301 g/mol. The molecular formula is C18H23NO3. The van der Waals surface area contributed by atoms with Crippen LogP contribution in [0.4, 0.5) is 0 Å². The molecule has 1 aromatic carbocycles. The number of hydrogen-bond donors (Lipinski definition) is 1. The van der Waals surface area contributed by atoms with Crippen LogP contribution in [0.3, 0.4) is 0 Å². The minimum atomic E-state index is -0.417. The Morgan fingerprint density at radius 2 is 2.18 bits per heavy atom. The number of nitrogens with zero attached hydrogens (tertiary/aromatic N) is 1. The Bertz CT molecular complexity index is 613. The zero-order valence-corrected chi connectivity index (χ0v) is 13.2. The quantitative estimate of drug-likeness (QED) is 0.808. The number of aliphatic hydroxyl groups excluding tert-OH is 1. The molecule has 0 bridgehead atoms. The third-order valence-corrected chi connectivity index (χ3v) is 5.27. The van der Waals surface area contributed by atoms with E-state index in [0.29, 0.717) is 18.3 Å². The fraction of sp³-hybridized carbons (Fsp3) is 0.556. The molecule has 1 aliphatic carbocycles. The van der Waals surface area contributed by atoms with Gasteiger partial charge in [0.25, 0.3) is 0 Å². The lowest BCUT2D eigenvalue weighted by molar-refractivity contribution is 0.114. The molecule has 0 amide bonds. The second-order valence-electron chi connectivity index (χ2n) is 6.73. The first-order valence-electron chi connectivity index (χ1n) is 8.08. The first-order chi connectivity index (χ1) is 10.7. The lowest BCUT2D eigenvalue weighted by Crippen LogP contribution is -2.31. The number of rotatable bonds is 1. The fourth-order valence-corrected chi connectivity index (χ4v) is 4.22. The smallest absolute Gasteiger partial charge is 0.165 e. The van der Waals surface area contributed by atoms with Crippen LogP contribution in [0, 0.1) is 5.92 Å². The minimum Gasteiger partial charge on any atom is -0.493 e. The summed E-state index contributed by atoms with van der Waals surface area (Å²) >= 11 is 0. The standard InChI is InChI=1S/C18H23NO3/c1-19-8-7-11-3-5-13(20)9-15-16(11)17-12(10-19)4-6-14(21-2)18(17)22-15/h3-6,11,13,15-16,20H,7-10H2,1-2H3. The van der Waals surface area contributed by atoms with Crippen LogP contribution >= 0.6 is 0 Å². The normalized spacial score (nSPS) is 33.4. The van der Waals surface area contributed by atoms with Crippen LogP contribution < -0.4 is 9.47 Å². The van der Waals surface area contributed by atoms with Crippen molar-refractivity contribution in [3.8, 4) is 11.5 Å². The first-order valence-corrected chi connectivity index (χ1v) is 8.08. The Hall–Kier alpha value is -1.52. The van der Waals surface area contributed by atoms with Gasteiger partial charge in [0.05, 0.1) is 13.2 Å². The van der Waals surface area contributed by atoms with Gasteiger partial charge in [0.2, 0.25) is 0 Å². The van der Waals surface area contributed by atoms with Gasteiger partial charge in [0.15, 0.2) is 11.5 Å². The molecule has 4 atom stereocenters. The van der Waals surface area contributed by atoms with Crippen LogP contribution in [0.5, 0.6) is 11.5 Å². The van der Waals surface area contributed by atoms with Gasteiger partial charge in [0, 0.05) is 24.4 Å². The third-order valence-electron chi connectivity index (χ3n) is 5.27. The Morgan fingerprint density at radius 3 is 3.00 bits per heavy atom. The first kappa shape index (κ1) is 14.1. The maximum atomic E-state index is 10.2. The van der Waals surface area contributed by atoms with E-state index in [1.54, 1.807) is 7.11 Å². The third kappa shape index (κ3) is 2.13. The molecule has 1 N–H and O–H groups in total. The summed E-state index contributed by atoms with van der Waals surface area (Å²) < 4.78 is 11.8. The molecule has 0 saturated carbocycles. The number of ether oxygens (including phenoxy) is 2. The molecule has 118 valence electrons. The Kier molecular flexibility index (Phi) is 3.39. The van der Waals surface area contributed by atoms with Crippen LogP contribution in [0.1, 0.15) is 29.9 Å². The Balaban J connectivity index is 1.88. The minimum absolute atomic E-state index is 0.0449. The zero-order chi connectivity index (χ0) is 15.3. The molecule has 4 unspecified atom stereocenters. The highest BCUT2D eigenvalue weighted by Gasteiger charge is 2.44. The highest BCUT2D eigenvalue weighted by molar-refractivity contribution is 5.56. The van der Waals surface area contributed by atoms with Crippen molar-refractivity contribution in [2.75, 3.05) is 20.7 Å². The average Bonchev–Trinajstić information content (AvgIpc) is 2.78. The second-order valence-corrected chi connectivity index (χ2v) is 6.73. The van der Waals surface area contributed by atoms with Crippen LogP contribution in [0.2, 0.25) is 0 Å². The van der Waals surface area contributed by atoms with Gasteiger partial charge in [0.1, 0.15) is 6.10 Å². The Labute approximate surface area is 131 Å². The molecule has 0 radical (unpaired) electrons. The van der Waals surface area contributed by atoms with Gasteiger partial charge in [-0.05, 0) is 37.6 Å². The van der Waals surface area contributed by atoms with E-state index in [1.165, 1.54) is 11.1 Å². The van der Waals surface area contributed by atoms with Gasteiger partial charge in [-0.2, -0.15) is 0 Å². The summed E-state index contributed by atoms with van der Waals surface area (Å²) in [5.41, 5.74) is 2.64. The molecule has 3 aliphatic rings. The van der Waals surface area contributed by atoms with Gasteiger partial charge in [-0.25, -0.2) is 0 Å². The van der Waals surface area contributed by atoms with E-state index >= 15 is 0 Å². The summed E-state index contributed by atoms with van der Waals surface area (Å²) in [4.78, 5) is 2.36. The van der Waals surface area contributed by atoms with Crippen molar-refractivity contribution in [2.24, 2.45) is 5.92 Å². The lowest BCUT2D eigenvalue weighted by atomic mass is 9.78. The molecule has 4 nitrogen and oxygen atoms in total. The average molecular weight is 301 g/mol. The van der Waals surface area contributed by atoms with Gasteiger partial charge in [-0.3, -0.25) is 0 Å². The Morgan fingerprint density at radius 1 is 1.32 bits per heavy atom. The van der Waals surface area contributed by atoms with Crippen LogP contribution in [-0.2, 0) is 6.54 Å². The maximum Gasteiger partial charge on any atom is 0.165 e. The second kappa shape index (κ2) is 5.28. The molecule has 2 heterocycles. The number of methoxy groups -OCH3 is 1. The molecule has 0 spiro atoms. The van der Waals surface area contributed by atoms with Gasteiger partial charge in [-0.1, -0.05) is 18.2 Å². The van der Waals surface area contributed by atoms with E-state index in [2.05, 4.69) is 24.1 Å². The molecule has 4 heteroatoms. The zero-order valence-electron chi connectivity index (χ0n) is 13.2. The van der Waals surface area contributed by atoms with Crippen LogP contribution in [0.15, 0.2) is 24.3 Å². The van der Waals surface area contributed by atoms with E-state index < -0.39 is 6.10 Å². The van der Waals surface area contributed by atoms with Gasteiger partial charge in [-0.15, -0.1) is 0 Å². The van der Waals surface area contributed by atoms with Crippen molar-refractivity contribution >= 4 is 0 Å². The van der Waals surface area contributed by atoms with Crippen LogP contribution in [-0.4, -0.2) is 42.9 Å². The van der Waals surface area contributed by atoms with Crippen molar-refractivity contribution in [1.82, 2.24) is 4.90 Å². The largest absolute Gasteiger partial charge is 0.493 e. The predicted molar refractivity (Wildman–Crippen MR) is 84.4 cm³/mol. The molecule has 22 heavy (non-hydrogen) atoms. The van der Waals surface area contributed by atoms with Gasteiger partial charge < -0.3 is 19.5 Å². The van der Waals surface area contributed by atoms with E-state index in [0.717, 1.165) is 31.0 Å². The van der Waals surface area contributed by atoms with E-state index in [9.17, 15) is 5.11 Å². The topological polar surface area (TPSA) is 41.9 Å². The van der Waals surface area contributed by atoms with Crippen molar-refractivity contribution in [3.63, 3.8) is 0 Å². The molecular weight excluding hydrogens is 278 g/mol. The number of hydrogen-bond acceptors (Lipinski definition) is 4. The lowest BCUT2D eigenvalue weighted by Gasteiger charge is -2.30. The highest BCUT2D eigenvalue weighted by atomic mass is 16.5. The summed E-state index contributed by atoms with van der Waals surface area (Å²) in [6.07, 6.45) is 5.54. The van der Waals surface area contributed by atoms with Crippen molar-refractivity contribution < 1.29 is 14.6 Å². The highest BCUT2D eigenvalue weighted by Crippen LogP contribution is 2.52. The molecule has 4 rings (SSSR count). The maximum absolute atomic E-state index is 10.2. The molecule has 0 saturated heterocycles. The van der Waals surface area contributed by atoms with Crippen LogP contribution in [0.25, 0.3) is 0 Å². The van der Waals surface area contributed by atoms with Crippen molar-refractivity contribution in [3.05, 3.63) is 35.4 Å². The number of aliphatic hydroxyl groups is 1. The summed E-state index contributed by atoms with van der Waals surface area (Å²) in [5, 5.41) is 10.2. The fourth-order valence-electron chi connectivity index (χ4n) is 4.22. The van der Waals surface area contributed by atoms with Crippen molar-refractivity contribution in [2.45, 2.75) is 37.5 Å². The summed E-state index contributed by atoms with van der Waals surface area (Å²) in [7, 11) is 3.86. The van der Waals surface area contributed by atoms with E-state index in [4.69, 9.17) is 9.47 Å². The molecule has 0 fully saturated rings. The number of benzene rings is 1. The van der Waals surface area contributed by atoms with Gasteiger partial charge >= 0.3 is 0 Å².